The van der Waals surface area contributed by atoms with E-state index in [9.17, 15) is 4.79 Å². The fraction of sp³-hybridized carbons (Fsp3) is 0.667. The highest BCUT2D eigenvalue weighted by Gasteiger charge is 2.12. The highest BCUT2D eigenvalue weighted by molar-refractivity contribution is 5.69. The second kappa shape index (κ2) is 4.93. The summed E-state index contributed by atoms with van der Waals surface area (Å²) in [6.45, 7) is 10.4. The van der Waals surface area contributed by atoms with Gasteiger partial charge in [0.1, 0.15) is 0 Å². The van der Waals surface area contributed by atoms with E-state index in [1.807, 2.05) is 25.7 Å². The van der Waals surface area contributed by atoms with Crippen molar-refractivity contribution in [2.75, 3.05) is 13.1 Å². The summed E-state index contributed by atoms with van der Waals surface area (Å²) < 4.78 is 0. The Labute approximate surface area is 73.7 Å². The maximum absolute atomic E-state index is 10.4. The lowest BCUT2D eigenvalue weighted by molar-refractivity contribution is -0.138. The van der Waals surface area contributed by atoms with Crippen molar-refractivity contribution >= 4 is 5.97 Å². The van der Waals surface area contributed by atoms with Gasteiger partial charge in [-0.2, -0.15) is 0 Å². The Morgan fingerprint density at radius 2 is 2.00 bits per heavy atom. The number of rotatable bonds is 5. The van der Waals surface area contributed by atoms with E-state index in [-0.39, 0.29) is 12.6 Å². The fourth-order valence-electron chi connectivity index (χ4n) is 0.941. The summed E-state index contributed by atoms with van der Waals surface area (Å²) >= 11 is 0. The van der Waals surface area contributed by atoms with Crippen LogP contribution < -0.4 is 0 Å². The molecule has 0 saturated carbocycles. The molecule has 0 aliphatic carbocycles. The highest BCUT2D eigenvalue weighted by atomic mass is 16.4. The van der Waals surface area contributed by atoms with Gasteiger partial charge in [0, 0.05) is 12.6 Å². The molecule has 0 aromatic rings. The Morgan fingerprint density at radius 3 is 2.25 bits per heavy atom. The normalized spacial score (nSPS) is 10.8. The van der Waals surface area contributed by atoms with Crippen molar-refractivity contribution < 1.29 is 9.90 Å². The summed E-state index contributed by atoms with van der Waals surface area (Å²) in [5.74, 6) is -0.787. The van der Waals surface area contributed by atoms with E-state index >= 15 is 0 Å². The lowest BCUT2D eigenvalue weighted by Crippen LogP contribution is -2.36. The lowest BCUT2D eigenvalue weighted by Gasteiger charge is -2.24. The van der Waals surface area contributed by atoms with Crippen LogP contribution >= 0.6 is 0 Å². The van der Waals surface area contributed by atoms with Gasteiger partial charge in [-0.15, -0.1) is 0 Å². The van der Waals surface area contributed by atoms with Crippen LogP contribution in [-0.4, -0.2) is 35.1 Å². The number of carboxylic acids is 1. The van der Waals surface area contributed by atoms with Crippen LogP contribution in [0, 0.1) is 0 Å². The first-order valence-electron chi connectivity index (χ1n) is 4.03. The number of carbonyl (C=O) groups is 1. The molecule has 0 aromatic carbocycles. The molecule has 0 saturated heterocycles. The van der Waals surface area contributed by atoms with Crippen molar-refractivity contribution in [2.24, 2.45) is 0 Å². The van der Waals surface area contributed by atoms with E-state index < -0.39 is 5.97 Å². The van der Waals surface area contributed by atoms with Crippen molar-refractivity contribution in [3.63, 3.8) is 0 Å². The fourth-order valence-corrected chi connectivity index (χ4v) is 0.941. The van der Waals surface area contributed by atoms with Gasteiger partial charge in [0.05, 0.1) is 6.54 Å². The van der Waals surface area contributed by atoms with Crippen LogP contribution in [-0.2, 0) is 4.79 Å². The van der Waals surface area contributed by atoms with Gasteiger partial charge in [-0.3, -0.25) is 9.69 Å². The average molecular weight is 171 g/mol. The number of carboxylic acid groups (broad SMARTS) is 1. The van der Waals surface area contributed by atoms with E-state index in [1.54, 1.807) is 0 Å². The minimum Gasteiger partial charge on any atom is -0.480 e. The molecule has 0 unspecified atom stereocenters. The second-order valence-electron chi connectivity index (χ2n) is 3.35. The Kier molecular flexibility index (Phi) is 4.59. The van der Waals surface area contributed by atoms with Gasteiger partial charge in [0.25, 0.3) is 0 Å². The van der Waals surface area contributed by atoms with E-state index in [0.717, 1.165) is 5.57 Å². The molecule has 0 bridgehead atoms. The largest absolute Gasteiger partial charge is 0.480 e. The molecule has 0 atom stereocenters. The van der Waals surface area contributed by atoms with Gasteiger partial charge < -0.3 is 5.11 Å². The third kappa shape index (κ3) is 4.91. The second-order valence-corrected chi connectivity index (χ2v) is 3.35. The molecule has 0 aliphatic heterocycles. The molecular formula is C9H17NO2. The first-order chi connectivity index (χ1) is 5.43. The third-order valence-corrected chi connectivity index (χ3v) is 1.54. The number of aliphatic carboxylic acids is 1. The zero-order valence-corrected chi connectivity index (χ0v) is 8.00. The molecule has 3 nitrogen and oxygen atoms in total. The predicted molar refractivity (Wildman–Crippen MR) is 49.2 cm³/mol. The molecule has 12 heavy (non-hydrogen) atoms. The average Bonchev–Trinajstić information content (AvgIpc) is 1.83. The van der Waals surface area contributed by atoms with Crippen LogP contribution in [0.1, 0.15) is 20.8 Å². The van der Waals surface area contributed by atoms with Crippen LogP contribution in [0.15, 0.2) is 12.2 Å². The molecular weight excluding hydrogens is 154 g/mol. The van der Waals surface area contributed by atoms with Crippen LogP contribution in [0.3, 0.4) is 0 Å². The SMILES string of the molecule is C=C(C)CN(CC(=O)O)C(C)C. The standard InChI is InChI=1S/C9H17NO2/c1-7(2)5-10(8(3)4)6-9(11)12/h8H,1,5-6H2,2-4H3,(H,11,12). The minimum atomic E-state index is -0.787. The molecule has 70 valence electrons. The van der Waals surface area contributed by atoms with Crippen molar-refractivity contribution in [2.45, 2.75) is 26.8 Å². The van der Waals surface area contributed by atoms with Crippen LogP contribution in [0.5, 0.6) is 0 Å². The number of nitrogens with zero attached hydrogens (tertiary/aromatic N) is 1. The summed E-state index contributed by atoms with van der Waals surface area (Å²) in [5, 5.41) is 8.57. The minimum absolute atomic E-state index is 0.0878. The molecule has 0 fully saturated rings. The van der Waals surface area contributed by atoms with Gasteiger partial charge in [0.2, 0.25) is 0 Å². The van der Waals surface area contributed by atoms with E-state index in [1.165, 1.54) is 0 Å². The molecule has 0 aromatic heterocycles. The van der Waals surface area contributed by atoms with Crippen LogP contribution in [0.2, 0.25) is 0 Å². The predicted octanol–water partition coefficient (Wildman–Crippen LogP) is 1.36. The molecule has 0 aliphatic rings. The summed E-state index contributed by atoms with van der Waals surface area (Å²) in [6, 6.07) is 0.248. The number of hydrogen-bond acceptors (Lipinski definition) is 2. The smallest absolute Gasteiger partial charge is 0.317 e. The van der Waals surface area contributed by atoms with Crippen LogP contribution in [0.4, 0.5) is 0 Å². The van der Waals surface area contributed by atoms with Crippen molar-refractivity contribution in [1.29, 1.82) is 0 Å². The lowest BCUT2D eigenvalue weighted by atomic mass is 10.2. The summed E-state index contributed by atoms with van der Waals surface area (Å²) in [7, 11) is 0. The number of hydrogen-bond donors (Lipinski definition) is 1. The van der Waals surface area contributed by atoms with E-state index in [0.29, 0.717) is 6.54 Å². The van der Waals surface area contributed by atoms with E-state index in [2.05, 4.69) is 6.58 Å². The summed E-state index contributed by atoms with van der Waals surface area (Å²) in [6.07, 6.45) is 0. The Bertz CT molecular complexity index is 159. The first-order valence-corrected chi connectivity index (χ1v) is 4.03. The summed E-state index contributed by atoms with van der Waals surface area (Å²) in [4.78, 5) is 12.3. The Morgan fingerprint density at radius 1 is 1.50 bits per heavy atom. The molecule has 0 rings (SSSR count). The Balaban J connectivity index is 4.04. The van der Waals surface area contributed by atoms with Crippen molar-refractivity contribution in [3.05, 3.63) is 12.2 Å². The molecule has 0 amide bonds. The molecule has 0 heterocycles. The molecule has 0 radical (unpaired) electrons. The van der Waals surface area contributed by atoms with Crippen LogP contribution in [0.25, 0.3) is 0 Å². The monoisotopic (exact) mass is 171 g/mol. The molecule has 1 N–H and O–H groups in total. The third-order valence-electron chi connectivity index (χ3n) is 1.54. The highest BCUT2D eigenvalue weighted by Crippen LogP contribution is 2.01. The Hall–Kier alpha value is -0.830. The van der Waals surface area contributed by atoms with Gasteiger partial charge in [-0.05, 0) is 20.8 Å². The molecule has 3 heteroatoms. The van der Waals surface area contributed by atoms with Gasteiger partial charge in [0.15, 0.2) is 0 Å². The maximum Gasteiger partial charge on any atom is 0.317 e. The first kappa shape index (κ1) is 11.2. The van der Waals surface area contributed by atoms with Gasteiger partial charge in [-0.25, -0.2) is 0 Å². The zero-order valence-electron chi connectivity index (χ0n) is 8.00. The molecule has 0 spiro atoms. The van der Waals surface area contributed by atoms with Gasteiger partial charge in [-0.1, -0.05) is 12.2 Å². The zero-order chi connectivity index (χ0) is 9.72. The van der Waals surface area contributed by atoms with Gasteiger partial charge >= 0.3 is 5.97 Å². The summed E-state index contributed by atoms with van der Waals surface area (Å²) in [5.41, 5.74) is 0.991. The van der Waals surface area contributed by atoms with E-state index in [4.69, 9.17) is 5.11 Å². The topological polar surface area (TPSA) is 40.5 Å². The quantitative estimate of drug-likeness (QED) is 0.635. The maximum atomic E-state index is 10.4. The van der Waals surface area contributed by atoms with Crippen molar-refractivity contribution in [3.8, 4) is 0 Å². The van der Waals surface area contributed by atoms with Crippen molar-refractivity contribution in [1.82, 2.24) is 4.90 Å².